The molecule has 14 nitrogen and oxygen atoms in total. The Morgan fingerprint density at radius 1 is 0.929 bits per heavy atom. The molecule has 8 atom stereocenters. The molecule has 0 radical (unpaired) electrons. The van der Waals surface area contributed by atoms with Gasteiger partial charge in [0.1, 0.15) is 41.1 Å². The quantitative estimate of drug-likeness (QED) is 0.0472. The van der Waals surface area contributed by atoms with E-state index in [0.717, 1.165) is 55.1 Å². The largest absolute Gasteiger partial charge is 0.507 e. The maximum Gasteiger partial charge on any atom is 0.161 e. The van der Waals surface area contributed by atoms with Crippen molar-refractivity contribution in [1.82, 2.24) is 21.3 Å². The molecule has 0 aromatic heterocycles. The second-order valence-electron chi connectivity index (χ2n) is 20.6. The van der Waals surface area contributed by atoms with E-state index in [0.29, 0.717) is 74.7 Å². The molecule has 14 heteroatoms. The minimum Gasteiger partial charge on any atom is -0.507 e. The smallest absolute Gasteiger partial charge is 0.161 e. The zero-order chi connectivity index (χ0) is 48.9. The molecule has 4 aromatic rings. The number of nitrogens with one attached hydrogen (secondary N) is 4. The van der Waals surface area contributed by atoms with Gasteiger partial charge in [-0.1, -0.05) is 50.0 Å². The zero-order valence-corrected chi connectivity index (χ0v) is 40.8. The van der Waals surface area contributed by atoms with Crippen LogP contribution in [0, 0.1) is 17.8 Å². The van der Waals surface area contributed by atoms with E-state index in [9.17, 15) is 25.5 Å². The molecule has 2 aliphatic carbocycles. The fourth-order valence-corrected chi connectivity index (χ4v) is 12.2. The zero-order valence-electron chi connectivity index (χ0n) is 40.8. The standard InChI is InChI=1S/C56H67N5O9/c1-31(2)23-55(3,66)28-59-29-61-48-8-6-7-36(26-62)68-47-21-34(10-15-46(47)65)54-56(48,67-30-58-5)24-43-40-22-42-49(33-9-14-44-32(19-33)17-18-60-44)35(25-57-4)20-41-45(64)16-13-38(50(41)42)51(40)53-39(52(43)70-54)12-11-37(27-63)69-53/h9-10,13-17,19-21,31,36-37,42,48-49,54,57-59,61-66H,7,11-12,18,22-30H2,1-5H3/t36-,37-,42+,48-,49-,54+,55-,56-/m0/s1. The molecule has 2 bridgehead atoms. The Kier molecular flexibility index (Phi) is 13.5. The van der Waals surface area contributed by atoms with E-state index in [1.807, 2.05) is 33.2 Å². The molecule has 9 N–H and O–H groups in total. The van der Waals surface area contributed by atoms with Crippen molar-refractivity contribution in [1.29, 1.82) is 0 Å². The Morgan fingerprint density at radius 3 is 2.53 bits per heavy atom. The molecule has 0 saturated carbocycles. The van der Waals surface area contributed by atoms with Gasteiger partial charge in [0.2, 0.25) is 0 Å². The number of phenolic OH excluding ortho intramolecular Hbond substituents is 2. The predicted molar refractivity (Wildman–Crippen MR) is 268 cm³/mol. The highest BCUT2D eigenvalue weighted by Gasteiger charge is 2.55. The van der Waals surface area contributed by atoms with Crippen LogP contribution >= 0.6 is 0 Å². The summed E-state index contributed by atoms with van der Waals surface area (Å²) in [6, 6.07) is 14.9. The molecule has 4 heterocycles. The minimum absolute atomic E-state index is 0.0657. The van der Waals surface area contributed by atoms with E-state index in [1.54, 1.807) is 18.2 Å². The van der Waals surface area contributed by atoms with Crippen LogP contribution in [-0.2, 0) is 24.0 Å². The van der Waals surface area contributed by atoms with Crippen LogP contribution in [0.1, 0.15) is 96.9 Å². The van der Waals surface area contributed by atoms with Gasteiger partial charge in [0.25, 0.3) is 0 Å². The summed E-state index contributed by atoms with van der Waals surface area (Å²) in [5, 5.41) is 71.3. The maximum atomic E-state index is 11.7. The molecule has 0 amide bonds. The van der Waals surface area contributed by atoms with E-state index in [1.165, 1.54) is 5.56 Å². The second kappa shape index (κ2) is 19.6. The Hall–Kier alpha value is -5.47. The lowest BCUT2D eigenvalue weighted by atomic mass is 9.62. The van der Waals surface area contributed by atoms with Crippen molar-refractivity contribution in [3.05, 3.63) is 104 Å². The fraction of sp³-hybridized carbons (Fsp3) is 0.482. The maximum absolute atomic E-state index is 11.7. The molecule has 370 valence electrons. The van der Waals surface area contributed by atoms with Crippen LogP contribution in [0.15, 0.2) is 59.1 Å². The number of aromatic hydroxyl groups is 2. The average molecular weight is 954 g/mol. The van der Waals surface area contributed by atoms with Crippen LogP contribution in [0.3, 0.4) is 0 Å². The fourth-order valence-electron chi connectivity index (χ4n) is 12.2. The number of aliphatic hydroxyl groups excluding tert-OH is 2. The van der Waals surface area contributed by atoms with Crippen LogP contribution < -0.4 is 46.1 Å². The highest BCUT2D eigenvalue weighted by molar-refractivity contribution is 5.89. The molecule has 4 aliphatic heterocycles. The Bertz CT molecular complexity index is 2890. The van der Waals surface area contributed by atoms with Crippen molar-refractivity contribution < 1.29 is 44.5 Å². The first-order valence-corrected chi connectivity index (χ1v) is 24.9. The number of phenols is 2. The molecule has 0 unspecified atom stereocenters. The van der Waals surface area contributed by atoms with Crippen molar-refractivity contribution in [3.63, 3.8) is 0 Å². The lowest BCUT2D eigenvalue weighted by Crippen LogP contribution is -2.62. The molecule has 10 rings (SSSR count). The topological polar surface area (TPSA) is 199 Å². The van der Waals surface area contributed by atoms with E-state index >= 15 is 0 Å². The summed E-state index contributed by atoms with van der Waals surface area (Å²) < 4.78 is 28.0. The van der Waals surface area contributed by atoms with Crippen molar-refractivity contribution in [3.8, 4) is 51.7 Å². The van der Waals surface area contributed by atoms with E-state index in [-0.39, 0.29) is 62.1 Å². The Balaban J connectivity index is 1.20. The number of aliphatic hydroxyl groups is 3. The molecular formula is C56H67N5O9. The molecule has 0 spiro atoms. The monoisotopic (exact) mass is 953 g/mol. The summed E-state index contributed by atoms with van der Waals surface area (Å²) in [4.78, 5) is 4.71. The number of ether oxygens (including phenoxy) is 4. The third kappa shape index (κ3) is 8.75. The van der Waals surface area contributed by atoms with Crippen LogP contribution in [0.2, 0.25) is 0 Å². The summed E-state index contributed by atoms with van der Waals surface area (Å²) in [7, 11) is 3.79. The van der Waals surface area contributed by atoms with Gasteiger partial charge >= 0.3 is 0 Å². The summed E-state index contributed by atoms with van der Waals surface area (Å²) in [5.41, 5.74) is 7.48. The average Bonchev–Trinajstić information content (AvgIpc) is 3.82. The second-order valence-corrected chi connectivity index (χ2v) is 20.6. The van der Waals surface area contributed by atoms with Crippen molar-refractivity contribution >= 4 is 12.2 Å². The molecule has 70 heavy (non-hydrogen) atoms. The predicted octanol–water partition coefficient (Wildman–Crippen LogP) is 3.96. The number of likely N-dealkylation sites (N-methyl/N-ethyl adjacent to an activating group) is 1. The molecule has 0 saturated heterocycles. The number of benzene rings is 4. The highest BCUT2D eigenvalue weighted by Crippen LogP contribution is 2.61. The van der Waals surface area contributed by atoms with Gasteiger partial charge < -0.3 is 55.1 Å². The lowest BCUT2D eigenvalue weighted by molar-refractivity contribution is -0.141. The van der Waals surface area contributed by atoms with Crippen molar-refractivity contribution in [2.24, 2.45) is 10.9 Å². The first-order chi connectivity index (χ1) is 33.9. The summed E-state index contributed by atoms with van der Waals surface area (Å²) in [6.07, 6.45) is 5.17. The van der Waals surface area contributed by atoms with Gasteiger partial charge in [-0.3, -0.25) is 15.6 Å². The molecule has 4 aromatic carbocycles. The van der Waals surface area contributed by atoms with E-state index < -0.39 is 35.6 Å². The van der Waals surface area contributed by atoms with Gasteiger partial charge in [0.05, 0.1) is 37.4 Å². The Morgan fingerprint density at radius 2 is 1.74 bits per heavy atom. The van der Waals surface area contributed by atoms with Crippen LogP contribution in [-0.4, -0.2) is 115 Å². The number of hydrogen-bond acceptors (Lipinski definition) is 14. The number of rotatable bonds is 15. The van der Waals surface area contributed by atoms with E-state index in [4.69, 9.17) is 23.9 Å². The normalized spacial score (nSPS) is 25.4. The van der Waals surface area contributed by atoms with Gasteiger partial charge in [0.15, 0.2) is 17.6 Å². The van der Waals surface area contributed by atoms with E-state index in [2.05, 4.69) is 77.3 Å². The van der Waals surface area contributed by atoms with Gasteiger partial charge in [-0.2, -0.15) is 0 Å². The third-order valence-corrected chi connectivity index (χ3v) is 15.0. The van der Waals surface area contributed by atoms with Gasteiger partial charge in [0, 0.05) is 60.8 Å². The van der Waals surface area contributed by atoms with Crippen molar-refractivity contribution in [2.45, 2.75) is 107 Å². The SMILES string of the molecule is CNCO[C@]12Cc3c4c(c5c(c3O[C@@H]1c1ccc(O)c(c1)O[C@H](CO)CC#C[C@@H]2NCNC[C@@](C)(O)CC(C)C)CC[C@@H](CO)O5)-c1ccc(O)c2c1[C@H](C4)[C@@H](c1ccc3c(c1)=CCN=3)C(CNC)=C2. The summed E-state index contributed by atoms with van der Waals surface area (Å²) in [6.45, 7) is 7.56. The first-order valence-electron chi connectivity index (χ1n) is 24.9. The number of nitrogens with zero attached hydrogens (tertiary/aromatic N) is 1. The van der Waals surface area contributed by atoms with Crippen molar-refractivity contribution in [2.75, 3.05) is 60.3 Å². The third-order valence-electron chi connectivity index (χ3n) is 15.0. The summed E-state index contributed by atoms with van der Waals surface area (Å²) >= 11 is 0. The molecule has 6 aliphatic rings. The lowest BCUT2D eigenvalue weighted by Gasteiger charge is -2.50. The van der Waals surface area contributed by atoms with Crippen LogP contribution in [0.4, 0.5) is 0 Å². The first kappa shape index (κ1) is 48.2. The minimum atomic E-state index is -1.26. The number of fused-ring (bicyclic) bond motifs is 12. The van der Waals surface area contributed by atoms with Gasteiger partial charge in [-0.15, -0.1) is 0 Å². The van der Waals surface area contributed by atoms with Gasteiger partial charge in [-0.25, -0.2) is 0 Å². The van der Waals surface area contributed by atoms with Crippen LogP contribution in [0.5, 0.6) is 28.7 Å². The molecule has 0 fully saturated rings. The molecular weight excluding hydrogens is 887 g/mol. The number of hydrogen-bond donors (Lipinski definition) is 9. The van der Waals surface area contributed by atoms with Crippen LogP contribution in [0.25, 0.3) is 23.3 Å². The summed E-state index contributed by atoms with van der Waals surface area (Å²) in [5.74, 6) is 8.70. The highest BCUT2D eigenvalue weighted by atomic mass is 16.6. The Labute approximate surface area is 409 Å². The van der Waals surface area contributed by atoms with Gasteiger partial charge in [-0.05, 0) is 134 Å².